The first kappa shape index (κ1) is 25.4. The van der Waals surface area contributed by atoms with Gasteiger partial charge in [0.15, 0.2) is 11.4 Å². The molecule has 1 saturated heterocycles. The van der Waals surface area contributed by atoms with Crippen molar-refractivity contribution in [2.75, 3.05) is 26.3 Å². The van der Waals surface area contributed by atoms with E-state index in [1.165, 1.54) is 17.6 Å². The van der Waals surface area contributed by atoms with Crippen molar-refractivity contribution in [2.45, 2.75) is 25.0 Å². The summed E-state index contributed by atoms with van der Waals surface area (Å²) in [7, 11) is 0. The second-order valence-electron chi connectivity index (χ2n) is 10.1. The van der Waals surface area contributed by atoms with Gasteiger partial charge >= 0.3 is 0 Å². The van der Waals surface area contributed by atoms with Crippen LogP contribution in [-0.2, 0) is 20.7 Å². The molecule has 202 valence electrons. The highest BCUT2D eigenvalue weighted by molar-refractivity contribution is 7.09. The van der Waals surface area contributed by atoms with Crippen molar-refractivity contribution in [3.05, 3.63) is 52.4 Å². The molecule has 1 aliphatic heterocycles. The van der Waals surface area contributed by atoms with E-state index in [4.69, 9.17) is 10.5 Å². The Morgan fingerprint density at radius 1 is 1.18 bits per heavy atom. The second-order valence-corrected chi connectivity index (χ2v) is 10.9. The van der Waals surface area contributed by atoms with Crippen molar-refractivity contribution < 1.29 is 39.5 Å². The number of nitrogens with zero attached hydrogens (tertiary/aromatic N) is 2. The molecule has 39 heavy (non-hydrogen) atoms. The number of phenols is 2. The summed E-state index contributed by atoms with van der Waals surface area (Å²) >= 11 is 1.24. The fourth-order valence-electron chi connectivity index (χ4n) is 6.17. The molecule has 2 aromatic carbocycles. The van der Waals surface area contributed by atoms with Gasteiger partial charge in [-0.25, -0.2) is 0 Å². The van der Waals surface area contributed by atoms with Gasteiger partial charge in [-0.05, 0) is 60.1 Å². The molecule has 1 aromatic heterocycles. The van der Waals surface area contributed by atoms with E-state index < -0.39 is 52.1 Å². The number of fused-ring (bicyclic) bond motifs is 3. The molecule has 1 amide bonds. The summed E-state index contributed by atoms with van der Waals surface area (Å²) in [6.07, 6.45) is -0.0955. The molecule has 6 rings (SSSR count). The average molecular weight is 552 g/mol. The number of aryl methyl sites for hydroxylation is 1. The zero-order chi connectivity index (χ0) is 27.8. The maximum Gasteiger partial charge on any atom is 0.255 e. The number of aliphatic hydroxyl groups excluding tert-OH is 1. The molecular weight excluding hydrogens is 526 g/mol. The first-order chi connectivity index (χ1) is 18.6. The quantitative estimate of drug-likeness (QED) is 0.298. The van der Waals surface area contributed by atoms with Crippen molar-refractivity contribution in [2.24, 2.45) is 11.7 Å². The molecule has 0 saturated carbocycles. The molecule has 0 radical (unpaired) electrons. The first-order valence-corrected chi connectivity index (χ1v) is 13.1. The fourth-order valence-corrected chi connectivity index (χ4v) is 6.96. The number of hydrogen-bond donors (Lipinski definition) is 5. The molecule has 11 nitrogen and oxygen atoms in total. The molecular formula is C27H25N3O8S. The Hall–Kier alpha value is -3.84. The van der Waals surface area contributed by atoms with Crippen LogP contribution in [0.5, 0.6) is 11.5 Å². The number of hydrogen-bond acceptors (Lipinski definition) is 11. The lowest BCUT2D eigenvalue weighted by Crippen LogP contribution is -2.66. The number of benzene rings is 2. The molecule has 2 aliphatic carbocycles. The number of aromatic hydroxyl groups is 2. The van der Waals surface area contributed by atoms with Crippen LogP contribution in [0, 0.1) is 12.8 Å². The molecule has 0 unspecified atom stereocenters. The van der Waals surface area contributed by atoms with Crippen molar-refractivity contribution >= 4 is 39.8 Å². The number of primary amides is 1. The van der Waals surface area contributed by atoms with Gasteiger partial charge in [-0.15, -0.1) is 0 Å². The van der Waals surface area contributed by atoms with Gasteiger partial charge in [0.2, 0.25) is 5.78 Å². The zero-order valence-corrected chi connectivity index (χ0v) is 21.6. The number of phenolic OH excluding ortho intramolecular Hbond substituents is 2. The lowest BCUT2D eigenvalue weighted by Gasteiger charge is -2.49. The monoisotopic (exact) mass is 551 g/mol. The Kier molecular flexibility index (Phi) is 5.77. The number of morpholine rings is 1. The van der Waals surface area contributed by atoms with Crippen LogP contribution >= 0.6 is 11.5 Å². The highest BCUT2D eigenvalue weighted by Crippen LogP contribution is 2.51. The minimum absolute atomic E-state index is 0.0112. The highest BCUT2D eigenvalue weighted by atomic mass is 32.1. The van der Waals surface area contributed by atoms with Crippen molar-refractivity contribution in [3.63, 3.8) is 0 Å². The number of ketones is 2. The molecule has 3 aliphatic rings. The van der Waals surface area contributed by atoms with Crippen LogP contribution in [0.4, 0.5) is 0 Å². The Bertz CT molecular complexity index is 1620. The number of amides is 1. The summed E-state index contributed by atoms with van der Waals surface area (Å²) in [6, 6.07) is 5.43. The Morgan fingerprint density at radius 3 is 2.54 bits per heavy atom. The van der Waals surface area contributed by atoms with Crippen molar-refractivity contribution in [1.82, 2.24) is 9.27 Å². The van der Waals surface area contributed by atoms with E-state index in [1.54, 1.807) is 17.0 Å². The predicted molar refractivity (Wildman–Crippen MR) is 140 cm³/mol. The first-order valence-electron chi connectivity index (χ1n) is 12.4. The van der Waals surface area contributed by atoms with Crippen LogP contribution in [0.15, 0.2) is 35.6 Å². The lowest BCUT2D eigenvalue weighted by atomic mass is 9.61. The number of rotatable bonds is 3. The maximum absolute atomic E-state index is 14.0. The molecule has 0 bridgehead atoms. The van der Waals surface area contributed by atoms with Crippen LogP contribution < -0.4 is 5.73 Å². The summed E-state index contributed by atoms with van der Waals surface area (Å²) in [5.41, 5.74) is 3.37. The zero-order valence-electron chi connectivity index (χ0n) is 20.8. The number of nitrogens with two attached hydrogens (primary N) is 1. The third-order valence-corrected chi connectivity index (χ3v) is 8.87. The van der Waals surface area contributed by atoms with E-state index in [2.05, 4.69) is 4.37 Å². The van der Waals surface area contributed by atoms with Crippen LogP contribution in [-0.4, -0.2) is 85.1 Å². The standard InChI is InChI=1S/C27H25N3O8S/c1-11-8-17(39-29-11)13-2-3-16(31)19-14(13)9-12-10-15-21(30-4-6-38-7-5-30)23(33)20(26(28)36)25(35)27(15,37)24(34)18(12)22(19)32/h2-3,8-9,15,21,31-32,35,37H,4-7,10H2,1H3,(H2,28,36)/t15-,21+,27-/m0/s1. The van der Waals surface area contributed by atoms with E-state index in [0.717, 1.165) is 10.6 Å². The summed E-state index contributed by atoms with van der Waals surface area (Å²) < 4.78 is 9.71. The van der Waals surface area contributed by atoms with E-state index >= 15 is 0 Å². The summed E-state index contributed by atoms with van der Waals surface area (Å²) in [5, 5.41) is 45.4. The molecule has 1 fully saturated rings. The van der Waals surface area contributed by atoms with Gasteiger partial charge in [0.25, 0.3) is 5.91 Å². The van der Waals surface area contributed by atoms with Crippen LogP contribution in [0.2, 0.25) is 0 Å². The van der Waals surface area contributed by atoms with Gasteiger partial charge in [0, 0.05) is 24.6 Å². The third-order valence-electron chi connectivity index (χ3n) is 7.96. The predicted octanol–water partition coefficient (Wildman–Crippen LogP) is 1.35. The SMILES string of the molecule is Cc1cc(-c2ccc(O)c3c(O)c4c(cc23)C[C@H]2[C@@H](N3CCOCC3)C(=O)C(C(N)=O)=C(O)[C@@]2(O)C4=O)sn1. The van der Waals surface area contributed by atoms with Crippen LogP contribution in [0.1, 0.15) is 21.6 Å². The fraction of sp³-hybridized carbons (Fsp3) is 0.333. The average Bonchev–Trinajstić information content (AvgIpc) is 3.32. The van der Waals surface area contributed by atoms with E-state index in [9.17, 15) is 34.8 Å². The number of aromatic nitrogens is 1. The number of aliphatic hydroxyl groups is 2. The van der Waals surface area contributed by atoms with E-state index in [1.807, 2.05) is 13.0 Å². The molecule has 0 spiro atoms. The van der Waals surface area contributed by atoms with Crippen LogP contribution in [0.25, 0.3) is 21.2 Å². The Balaban J connectivity index is 1.61. The topological polar surface area (TPSA) is 184 Å². The summed E-state index contributed by atoms with van der Waals surface area (Å²) in [5.74, 6) is -6.32. The molecule has 3 aromatic rings. The molecule has 3 atom stereocenters. The third kappa shape index (κ3) is 3.52. The molecule has 6 N–H and O–H groups in total. The smallest absolute Gasteiger partial charge is 0.255 e. The number of carbonyl (C=O) groups excluding carboxylic acids is 3. The molecule has 2 heterocycles. The Morgan fingerprint density at radius 2 is 1.90 bits per heavy atom. The van der Waals surface area contributed by atoms with E-state index in [-0.39, 0.29) is 23.1 Å². The van der Waals surface area contributed by atoms with Gasteiger partial charge in [0.1, 0.15) is 22.8 Å². The van der Waals surface area contributed by atoms with Gasteiger partial charge in [-0.3, -0.25) is 19.3 Å². The van der Waals surface area contributed by atoms with Gasteiger partial charge in [-0.1, -0.05) is 0 Å². The van der Waals surface area contributed by atoms with E-state index in [0.29, 0.717) is 42.8 Å². The molecule has 12 heteroatoms. The number of carbonyl (C=O) groups is 3. The summed E-state index contributed by atoms with van der Waals surface area (Å²) in [4.78, 5) is 42.3. The number of ether oxygens (including phenoxy) is 1. The van der Waals surface area contributed by atoms with Gasteiger partial charge in [-0.2, -0.15) is 4.37 Å². The van der Waals surface area contributed by atoms with Crippen LogP contribution in [0.3, 0.4) is 0 Å². The Labute approximate surface area is 225 Å². The second kappa shape index (κ2) is 8.85. The van der Waals surface area contributed by atoms with Crippen molar-refractivity contribution in [3.8, 4) is 21.9 Å². The van der Waals surface area contributed by atoms with Crippen molar-refractivity contribution in [1.29, 1.82) is 0 Å². The largest absolute Gasteiger partial charge is 0.508 e. The normalized spacial score (nSPS) is 25.6. The number of Topliss-reactive ketones (excluding diaryl/α,β-unsaturated/α-hetero) is 2. The lowest BCUT2D eigenvalue weighted by molar-refractivity contribution is -0.136. The maximum atomic E-state index is 14.0. The van der Waals surface area contributed by atoms with Gasteiger partial charge in [0.05, 0.1) is 40.8 Å². The minimum atomic E-state index is -2.71. The minimum Gasteiger partial charge on any atom is -0.508 e. The summed E-state index contributed by atoms with van der Waals surface area (Å²) in [6.45, 7) is 3.02. The van der Waals surface area contributed by atoms with Gasteiger partial charge < -0.3 is 30.9 Å². The highest BCUT2D eigenvalue weighted by Gasteiger charge is 2.62.